The molecule has 0 aliphatic rings. The van der Waals surface area contributed by atoms with Gasteiger partial charge in [0.2, 0.25) is 0 Å². The van der Waals surface area contributed by atoms with Gasteiger partial charge >= 0.3 is 0 Å². The number of aromatic nitrogens is 1. The van der Waals surface area contributed by atoms with Gasteiger partial charge in [0.1, 0.15) is 0 Å². The summed E-state index contributed by atoms with van der Waals surface area (Å²) in [7, 11) is 1.93. The molecule has 0 radical (unpaired) electrons. The van der Waals surface area contributed by atoms with Crippen molar-refractivity contribution in [3.05, 3.63) is 71.9 Å². The number of aliphatic hydroxyl groups is 1. The molecule has 0 bridgehead atoms. The van der Waals surface area contributed by atoms with Crippen LogP contribution in [0.1, 0.15) is 54.9 Å². The standard InChI is InChI=1S/C26H34N2O2/c1-3-25(29)23-20-28(24-14-8-7-13-22(23)24)18-10-9-15-26(30,16-17-27-2)19-21-11-5-4-6-12-21/h4-8,11-14,20,27,30H,3,9-10,15-19H2,1-2H3. The van der Waals surface area contributed by atoms with E-state index in [2.05, 4.69) is 28.1 Å². The summed E-state index contributed by atoms with van der Waals surface area (Å²) in [6.07, 6.45) is 6.62. The number of nitrogens with one attached hydrogen (secondary N) is 1. The Bertz CT molecular complexity index is 948. The fourth-order valence-electron chi connectivity index (χ4n) is 4.22. The molecule has 0 amide bonds. The highest BCUT2D eigenvalue weighted by atomic mass is 16.3. The van der Waals surface area contributed by atoms with E-state index in [4.69, 9.17) is 0 Å². The Labute approximate surface area is 179 Å². The van der Waals surface area contributed by atoms with E-state index in [1.54, 1.807) is 0 Å². The third-order valence-electron chi connectivity index (χ3n) is 5.92. The summed E-state index contributed by atoms with van der Waals surface area (Å²) < 4.78 is 2.20. The lowest BCUT2D eigenvalue weighted by molar-refractivity contribution is 0.0211. The van der Waals surface area contributed by atoms with Crippen molar-refractivity contribution in [1.29, 1.82) is 0 Å². The van der Waals surface area contributed by atoms with Crippen LogP contribution in [-0.2, 0) is 13.0 Å². The van der Waals surface area contributed by atoms with Crippen molar-refractivity contribution in [3.8, 4) is 0 Å². The lowest BCUT2D eigenvalue weighted by Gasteiger charge is -2.28. The van der Waals surface area contributed by atoms with Gasteiger partial charge in [0, 0.05) is 42.0 Å². The summed E-state index contributed by atoms with van der Waals surface area (Å²) in [6, 6.07) is 18.4. The first kappa shape index (κ1) is 22.3. The molecule has 1 unspecified atom stereocenters. The highest BCUT2D eigenvalue weighted by Crippen LogP contribution is 2.26. The second-order valence-electron chi connectivity index (χ2n) is 8.23. The van der Waals surface area contributed by atoms with Crippen LogP contribution in [0.25, 0.3) is 10.9 Å². The van der Waals surface area contributed by atoms with Crippen LogP contribution in [0, 0.1) is 0 Å². The summed E-state index contributed by atoms with van der Waals surface area (Å²) in [5.41, 5.74) is 2.41. The number of hydrogen-bond acceptors (Lipinski definition) is 3. The van der Waals surface area contributed by atoms with Crippen LogP contribution in [0.4, 0.5) is 0 Å². The molecule has 0 saturated carbocycles. The number of Topliss-reactive ketones (excluding diaryl/α,β-unsaturated/α-hetero) is 1. The van der Waals surface area contributed by atoms with E-state index < -0.39 is 5.60 Å². The predicted octanol–water partition coefficient (Wildman–Crippen LogP) is 4.99. The fourth-order valence-corrected chi connectivity index (χ4v) is 4.22. The number of ketones is 1. The third-order valence-corrected chi connectivity index (χ3v) is 5.92. The Morgan fingerprint density at radius 1 is 1.03 bits per heavy atom. The molecule has 1 heterocycles. The van der Waals surface area contributed by atoms with Crippen molar-refractivity contribution in [2.45, 2.75) is 57.6 Å². The highest BCUT2D eigenvalue weighted by molar-refractivity contribution is 6.07. The fraction of sp³-hybridized carbons (Fsp3) is 0.423. The molecule has 160 valence electrons. The Hall–Kier alpha value is -2.43. The van der Waals surface area contributed by atoms with Gasteiger partial charge in [-0.3, -0.25) is 4.79 Å². The van der Waals surface area contributed by atoms with Crippen LogP contribution >= 0.6 is 0 Å². The Morgan fingerprint density at radius 3 is 2.50 bits per heavy atom. The number of nitrogens with zero attached hydrogens (tertiary/aromatic N) is 1. The van der Waals surface area contributed by atoms with Crippen LogP contribution in [0.3, 0.4) is 0 Å². The summed E-state index contributed by atoms with van der Waals surface area (Å²) in [5, 5.41) is 15.5. The van der Waals surface area contributed by atoms with Gasteiger partial charge < -0.3 is 15.0 Å². The third kappa shape index (κ3) is 5.59. The maximum atomic E-state index is 12.3. The van der Waals surface area contributed by atoms with E-state index >= 15 is 0 Å². The molecule has 4 heteroatoms. The van der Waals surface area contributed by atoms with Gasteiger partial charge in [-0.05, 0) is 50.9 Å². The average Bonchev–Trinajstić information content (AvgIpc) is 3.14. The van der Waals surface area contributed by atoms with E-state index in [1.807, 2.05) is 56.6 Å². The molecule has 3 aromatic rings. The molecular weight excluding hydrogens is 372 g/mol. The number of hydrogen-bond donors (Lipinski definition) is 2. The average molecular weight is 407 g/mol. The van der Waals surface area contributed by atoms with E-state index in [9.17, 15) is 9.90 Å². The molecular formula is C26H34N2O2. The van der Waals surface area contributed by atoms with Crippen molar-refractivity contribution < 1.29 is 9.90 Å². The monoisotopic (exact) mass is 406 g/mol. The van der Waals surface area contributed by atoms with Crippen molar-refractivity contribution in [2.75, 3.05) is 13.6 Å². The van der Waals surface area contributed by atoms with Crippen LogP contribution in [-0.4, -0.2) is 34.7 Å². The number of carbonyl (C=O) groups is 1. The van der Waals surface area contributed by atoms with E-state index in [1.165, 1.54) is 5.56 Å². The molecule has 0 aliphatic carbocycles. The van der Waals surface area contributed by atoms with E-state index in [-0.39, 0.29) is 5.78 Å². The van der Waals surface area contributed by atoms with Crippen molar-refractivity contribution >= 4 is 16.7 Å². The Balaban J connectivity index is 1.64. The number of para-hydroxylation sites is 1. The molecule has 2 aromatic carbocycles. The molecule has 0 aliphatic heterocycles. The normalized spacial score (nSPS) is 13.4. The molecule has 1 atom stereocenters. The molecule has 30 heavy (non-hydrogen) atoms. The zero-order chi connectivity index (χ0) is 21.4. The Kier molecular flexibility index (Phi) is 7.83. The summed E-state index contributed by atoms with van der Waals surface area (Å²) >= 11 is 0. The van der Waals surface area contributed by atoms with Gasteiger partial charge in [-0.15, -0.1) is 0 Å². The SMILES string of the molecule is CCC(=O)c1cn(CCCCC(O)(CCNC)Cc2ccccc2)c2ccccc12. The number of aryl methyl sites for hydroxylation is 1. The predicted molar refractivity (Wildman–Crippen MR) is 124 cm³/mol. The number of fused-ring (bicyclic) bond motifs is 1. The van der Waals surface area contributed by atoms with Gasteiger partial charge in [0.05, 0.1) is 5.60 Å². The first-order valence-electron chi connectivity index (χ1n) is 11.1. The molecule has 2 N–H and O–H groups in total. The Morgan fingerprint density at radius 2 is 1.77 bits per heavy atom. The second kappa shape index (κ2) is 10.6. The highest BCUT2D eigenvalue weighted by Gasteiger charge is 2.26. The lowest BCUT2D eigenvalue weighted by Crippen LogP contribution is -2.35. The van der Waals surface area contributed by atoms with Crippen LogP contribution in [0.15, 0.2) is 60.8 Å². The minimum Gasteiger partial charge on any atom is -0.389 e. The smallest absolute Gasteiger partial charge is 0.164 e. The summed E-state index contributed by atoms with van der Waals surface area (Å²) in [5.74, 6) is 0.189. The van der Waals surface area contributed by atoms with Crippen molar-refractivity contribution in [1.82, 2.24) is 9.88 Å². The topological polar surface area (TPSA) is 54.3 Å². The first-order chi connectivity index (χ1) is 14.6. The van der Waals surface area contributed by atoms with Crippen LogP contribution < -0.4 is 5.32 Å². The van der Waals surface area contributed by atoms with Gasteiger partial charge in [0.15, 0.2) is 5.78 Å². The largest absolute Gasteiger partial charge is 0.389 e. The van der Waals surface area contributed by atoms with Crippen molar-refractivity contribution in [2.24, 2.45) is 0 Å². The number of unbranched alkanes of at least 4 members (excludes halogenated alkanes) is 1. The lowest BCUT2D eigenvalue weighted by atomic mass is 9.86. The van der Waals surface area contributed by atoms with Crippen LogP contribution in [0.2, 0.25) is 0 Å². The second-order valence-corrected chi connectivity index (χ2v) is 8.23. The molecule has 0 spiro atoms. The van der Waals surface area contributed by atoms with E-state index in [0.29, 0.717) is 12.8 Å². The first-order valence-corrected chi connectivity index (χ1v) is 11.1. The number of rotatable bonds is 12. The molecule has 4 nitrogen and oxygen atoms in total. The molecule has 0 fully saturated rings. The van der Waals surface area contributed by atoms with Crippen LogP contribution in [0.5, 0.6) is 0 Å². The van der Waals surface area contributed by atoms with Gasteiger partial charge in [-0.2, -0.15) is 0 Å². The number of benzene rings is 2. The number of carbonyl (C=O) groups excluding carboxylic acids is 1. The summed E-state index contributed by atoms with van der Waals surface area (Å²) in [6.45, 7) is 3.56. The minimum atomic E-state index is -0.702. The van der Waals surface area contributed by atoms with Gasteiger partial charge in [-0.1, -0.05) is 55.5 Å². The van der Waals surface area contributed by atoms with Gasteiger partial charge in [-0.25, -0.2) is 0 Å². The van der Waals surface area contributed by atoms with Gasteiger partial charge in [0.25, 0.3) is 0 Å². The maximum absolute atomic E-state index is 12.3. The molecule has 3 rings (SSSR count). The summed E-state index contributed by atoms with van der Waals surface area (Å²) in [4.78, 5) is 12.3. The molecule has 0 saturated heterocycles. The maximum Gasteiger partial charge on any atom is 0.164 e. The van der Waals surface area contributed by atoms with Crippen molar-refractivity contribution in [3.63, 3.8) is 0 Å². The zero-order valence-electron chi connectivity index (χ0n) is 18.2. The van der Waals surface area contributed by atoms with E-state index in [0.717, 1.165) is 55.2 Å². The quantitative estimate of drug-likeness (QED) is 0.329. The minimum absolute atomic E-state index is 0.189. The molecule has 1 aromatic heterocycles. The zero-order valence-corrected chi connectivity index (χ0v) is 18.2.